The molecule has 1 rings (SSSR count). The molecule has 118 valence electrons. The van der Waals surface area contributed by atoms with Crippen molar-refractivity contribution in [3.05, 3.63) is 17.7 Å². The van der Waals surface area contributed by atoms with Gasteiger partial charge in [-0.15, -0.1) is 0 Å². The largest absolute Gasteiger partial charge is 0.496 e. The van der Waals surface area contributed by atoms with Gasteiger partial charge in [0.1, 0.15) is 17.2 Å². The van der Waals surface area contributed by atoms with Crippen LogP contribution in [0.1, 0.15) is 37.4 Å². The molecular weight excluding hydrogens is 276 g/mol. The van der Waals surface area contributed by atoms with E-state index in [0.717, 1.165) is 0 Å². The molecule has 6 heteroatoms. The molecule has 0 amide bonds. The summed E-state index contributed by atoms with van der Waals surface area (Å²) in [6.45, 7) is 0. The number of aliphatic hydroxyl groups is 1. The van der Waals surface area contributed by atoms with Gasteiger partial charge in [-0.05, 0) is 19.3 Å². The van der Waals surface area contributed by atoms with Crippen LogP contribution in [-0.4, -0.2) is 37.5 Å². The van der Waals surface area contributed by atoms with Crippen LogP contribution in [0.15, 0.2) is 12.1 Å². The van der Waals surface area contributed by atoms with Gasteiger partial charge in [-0.2, -0.15) is 0 Å². The van der Waals surface area contributed by atoms with Gasteiger partial charge in [0, 0.05) is 18.6 Å². The van der Waals surface area contributed by atoms with Gasteiger partial charge in [-0.3, -0.25) is 4.79 Å². The molecule has 0 saturated heterocycles. The summed E-state index contributed by atoms with van der Waals surface area (Å²) >= 11 is 0. The smallest absolute Gasteiger partial charge is 0.303 e. The zero-order chi connectivity index (χ0) is 15.8. The molecule has 0 heterocycles. The lowest BCUT2D eigenvalue weighted by atomic mass is 10.0. The van der Waals surface area contributed by atoms with Gasteiger partial charge in [0.2, 0.25) is 0 Å². The Labute approximate surface area is 124 Å². The first kappa shape index (κ1) is 17.1. The Morgan fingerprint density at radius 3 is 2.10 bits per heavy atom. The highest BCUT2D eigenvalue weighted by molar-refractivity contribution is 5.66. The first-order valence-corrected chi connectivity index (χ1v) is 6.73. The van der Waals surface area contributed by atoms with Gasteiger partial charge < -0.3 is 24.4 Å². The average Bonchev–Trinajstić information content (AvgIpc) is 2.49. The minimum absolute atomic E-state index is 0.101. The molecule has 0 radical (unpaired) electrons. The third kappa shape index (κ3) is 4.82. The minimum Gasteiger partial charge on any atom is -0.496 e. The van der Waals surface area contributed by atoms with Crippen LogP contribution in [0.5, 0.6) is 17.2 Å². The van der Waals surface area contributed by atoms with E-state index in [1.54, 1.807) is 12.1 Å². The molecule has 0 fully saturated rings. The van der Waals surface area contributed by atoms with Crippen LogP contribution in [-0.2, 0) is 4.79 Å². The summed E-state index contributed by atoms with van der Waals surface area (Å²) in [5, 5.41) is 18.9. The summed E-state index contributed by atoms with van der Waals surface area (Å²) in [4.78, 5) is 10.5. The second-order valence-corrected chi connectivity index (χ2v) is 4.60. The van der Waals surface area contributed by atoms with E-state index in [0.29, 0.717) is 42.1 Å². The summed E-state index contributed by atoms with van der Waals surface area (Å²) in [6, 6.07) is 3.36. The zero-order valence-electron chi connectivity index (χ0n) is 12.6. The Morgan fingerprint density at radius 2 is 1.67 bits per heavy atom. The van der Waals surface area contributed by atoms with E-state index in [2.05, 4.69) is 0 Å². The van der Waals surface area contributed by atoms with Crippen molar-refractivity contribution in [3.63, 3.8) is 0 Å². The molecule has 0 spiro atoms. The summed E-state index contributed by atoms with van der Waals surface area (Å²) in [7, 11) is 4.56. The van der Waals surface area contributed by atoms with Crippen molar-refractivity contribution in [3.8, 4) is 17.2 Å². The van der Waals surface area contributed by atoms with E-state index < -0.39 is 12.1 Å². The van der Waals surface area contributed by atoms with Crippen molar-refractivity contribution < 1.29 is 29.2 Å². The Kier molecular flexibility index (Phi) is 6.81. The number of rotatable bonds is 9. The summed E-state index contributed by atoms with van der Waals surface area (Å²) in [5.74, 6) is 0.712. The number of benzene rings is 1. The fourth-order valence-electron chi connectivity index (χ4n) is 2.12. The Morgan fingerprint density at radius 1 is 1.10 bits per heavy atom. The molecule has 0 aliphatic rings. The molecule has 1 unspecified atom stereocenters. The van der Waals surface area contributed by atoms with Crippen LogP contribution in [0.4, 0.5) is 0 Å². The normalized spacial score (nSPS) is 11.8. The number of ether oxygens (including phenoxy) is 3. The standard InChI is InChI=1S/C15H22O6/c1-19-10-8-12(20-2)15(13(9-10)21-3)11(16)6-4-5-7-14(17)18/h8-9,11,16H,4-7H2,1-3H3,(H,17,18). The number of aliphatic carboxylic acids is 1. The van der Waals surface area contributed by atoms with Crippen molar-refractivity contribution in [2.75, 3.05) is 21.3 Å². The van der Waals surface area contributed by atoms with Crippen LogP contribution in [0, 0.1) is 0 Å². The molecule has 1 aromatic rings. The van der Waals surface area contributed by atoms with Crippen LogP contribution >= 0.6 is 0 Å². The van der Waals surface area contributed by atoms with Crippen molar-refractivity contribution in [1.29, 1.82) is 0 Å². The molecule has 0 bridgehead atoms. The number of hydrogen-bond acceptors (Lipinski definition) is 5. The summed E-state index contributed by atoms with van der Waals surface area (Å²) < 4.78 is 15.7. The number of methoxy groups -OCH3 is 3. The Balaban J connectivity index is 2.86. The van der Waals surface area contributed by atoms with Crippen molar-refractivity contribution in [2.45, 2.75) is 31.8 Å². The quantitative estimate of drug-likeness (QED) is 0.681. The number of carboxylic acid groups (broad SMARTS) is 1. The minimum atomic E-state index is -0.830. The highest BCUT2D eigenvalue weighted by atomic mass is 16.5. The van der Waals surface area contributed by atoms with Crippen molar-refractivity contribution in [2.24, 2.45) is 0 Å². The number of unbranched alkanes of at least 4 members (excludes halogenated alkanes) is 1. The fraction of sp³-hybridized carbons (Fsp3) is 0.533. The lowest BCUT2D eigenvalue weighted by Crippen LogP contribution is -2.05. The highest BCUT2D eigenvalue weighted by Gasteiger charge is 2.20. The maximum atomic E-state index is 10.5. The number of aliphatic hydroxyl groups excluding tert-OH is 1. The number of hydrogen-bond donors (Lipinski definition) is 2. The molecule has 1 aromatic carbocycles. The molecule has 0 aromatic heterocycles. The van der Waals surface area contributed by atoms with Gasteiger partial charge in [0.15, 0.2) is 0 Å². The molecule has 2 N–H and O–H groups in total. The molecule has 0 aliphatic carbocycles. The van der Waals surface area contributed by atoms with Crippen LogP contribution in [0.25, 0.3) is 0 Å². The van der Waals surface area contributed by atoms with Gasteiger partial charge in [0.25, 0.3) is 0 Å². The van der Waals surface area contributed by atoms with Crippen LogP contribution in [0.2, 0.25) is 0 Å². The Bertz CT molecular complexity index is 446. The zero-order valence-corrected chi connectivity index (χ0v) is 12.6. The van der Waals surface area contributed by atoms with Gasteiger partial charge in [0.05, 0.1) is 33.0 Å². The van der Waals surface area contributed by atoms with Gasteiger partial charge in [-0.25, -0.2) is 0 Å². The first-order valence-electron chi connectivity index (χ1n) is 6.73. The van der Waals surface area contributed by atoms with E-state index >= 15 is 0 Å². The maximum Gasteiger partial charge on any atom is 0.303 e. The third-order valence-corrected chi connectivity index (χ3v) is 3.20. The molecule has 21 heavy (non-hydrogen) atoms. The second kappa shape index (κ2) is 8.36. The lowest BCUT2D eigenvalue weighted by molar-refractivity contribution is -0.137. The molecular formula is C15H22O6. The summed E-state index contributed by atoms with van der Waals surface area (Å²) in [6.07, 6.45) is 0.879. The summed E-state index contributed by atoms with van der Waals surface area (Å²) in [5.41, 5.74) is 0.552. The van der Waals surface area contributed by atoms with Crippen molar-refractivity contribution in [1.82, 2.24) is 0 Å². The van der Waals surface area contributed by atoms with E-state index in [1.807, 2.05) is 0 Å². The van der Waals surface area contributed by atoms with E-state index in [1.165, 1.54) is 21.3 Å². The molecule has 6 nitrogen and oxygen atoms in total. The molecule has 0 aliphatic heterocycles. The monoisotopic (exact) mass is 298 g/mol. The predicted octanol–water partition coefficient (Wildman–Crippen LogP) is 2.39. The third-order valence-electron chi connectivity index (χ3n) is 3.20. The highest BCUT2D eigenvalue weighted by Crippen LogP contribution is 2.39. The topological polar surface area (TPSA) is 85.2 Å². The first-order chi connectivity index (χ1) is 10.0. The fourth-order valence-corrected chi connectivity index (χ4v) is 2.12. The molecule has 1 atom stereocenters. The number of carboxylic acids is 1. The van der Waals surface area contributed by atoms with Gasteiger partial charge in [-0.1, -0.05) is 0 Å². The average molecular weight is 298 g/mol. The van der Waals surface area contributed by atoms with E-state index in [9.17, 15) is 9.90 Å². The Hall–Kier alpha value is -1.95. The van der Waals surface area contributed by atoms with Crippen molar-refractivity contribution >= 4 is 5.97 Å². The number of carbonyl (C=O) groups is 1. The predicted molar refractivity (Wildman–Crippen MR) is 77.2 cm³/mol. The SMILES string of the molecule is COc1cc(OC)c(C(O)CCCCC(=O)O)c(OC)c1. The van der Waals surface area contributed by atoms with Crippen LogP contribution in [0.3, 0.4) is 0 Å². The van der Waals surface area contributed by atoms with E-state index in [-0.39, 0.29) is 6.42 Å². The lowest BCUT2D eigenvalue weighted by Gasteiger charge is -2.19. The second-order valence-electron chi connectivity index (χ2n) is 4.60. The maximum absolute atomic E-state index is 10.5. The van der Waals surface area contributed by atoms with E-state index in [4.69, 9.17) is 19.3 Å². The molecule has 0 saturated carbocycles. The van der Waals surface area contributed by atoms with Gasteiger partial charge >= 0.3 is 5.97 Å². The van der Waals surface area contributed by atoms with Crippen LogP contribution < -0.4 is 14.2 Å².